The molecular formula is C21H15F3N4O3. The summed E-state index contributed by atoms with van der Waals surface area (Å²) in [7, 11) is 0. The summed E-state index contributed by atoms with van der Waals surface area (Å²) in [5, 5.41) is 7.83. The molecule has 4 rings (SSSR count). The van der Waals surface area contributed by atoms with Crippen LogP contribution in [0.1, 0.15) is 34.8 Å². The van der Waals surface area contributed by atoms with Crippen molar-refractivity contribution >= 4 is 5.97 Å². The molecule has 2 aromatic carbocycles. The van der Waals surface area contributed by atoms with Crippen LogP contribution in [-0.2, 0) is 10.9 Å². The number of hydrogen-bond donors (Lipinski definition) is 0. The van der Waals surface area contributed by atoms with E-state index in [0.29, 0.717) is 0 Å². The van der Waals surface area contributed by atoms with Gasteiger partial charge in [0, 0.05) is 11.8 Å². The highest BCUT2D eigenvalue weighted by molar-refractivity contribution is 5.89. The fourth-order valence-corrected chi connectivity index (χ4v) is 2.78. The summed E-state index contributed by atoms with van der Waals surface area (Å²) in [4.78, 5) is 16.5. The summed E-state index contributed by atoms with van der Waals surface area (Å²) in [6, 6.07) is 13.8. The van der Waals surface area contributed by atoms with Gasteiger partial charge in [-0.15, -0.1) is 0 Å². The van der Waals surface area contributed by atoms with E-state index in [1.54, 1.807) is 0 Å². The third-order valence-electron chi connectivity index (χ3n) is 4.36. The molecule has 0 N–H and O–H groups in total. The van der Waals surface area contributed by atoms with Gasteiger partial charge in [0.05, 0.1) is 23.0 Å². The Labute approximate surface area is 174 Å². The molecule has 0 amide bonds. The van der Waals surface area contributed by atoms with Crippen molar-refractivity contribution in [1.82, 2.24) is 19.9 Å². The van der Waals surface area contributed by atoms with Crippen molar-refractivity contribution in [3.05, 3.63) is 84.0 Å². The highest BCUT2D eigenvalue weighted by Gasteiger charge is 2.31. The molecule has 10 heteroatoms. The number of aromatic nitrogens is 4. The van der Waals surface area contributed by atoms with Crippen LogP contribution in [0.3, 0.4) is 0 Å². The van der Waals surface area contributed by atoms with E-state index in [1.165, 1.54) is 36.1 Å². The number of esters is 1. The van der Waals surface area contributed by atoms with Gasteiger partial charge in [0.1, 0.15) is 0 Å². The summed E-state index contributed by atoms with van der Waals surface area (Å²) in [5.74, 6) is -0.745. The van der Waals surface area contributed by atoms with E-state index < -0.39 is 23.8 Å². The minimum atomic E-state index is -4.49. The molecule has 4 aromatic rings. The lowest BCUT2D eigenvalue weighted by atomic mass is 10.1. The standard InChI is InChI=1S/C21H15F3N4O3/c1-13(30-20(29)15-11-25-28(12-15)17-8-3-2-4-9-17)19-26-18(27-31-19)14-6-5-7-16(10-14)21(22,23)24/h2-13H,1H3. The second kappa shape index (κ2) is 8.05. The van der Waals surface area contributed by atoms with Gasteiger partial charge in [-0.2, -0.15) is 23.3 Å². The third kappa shape index (κ3) is 4.47. The molecule has 31 heavy (non-hydrogen) atoms. The molecule has 0 saturated heterocycles. The van der Waals surface area contributed by atoms with E-state index in [0.717, 1.165) is 17.8 Å². The van der Waals surface area contributed by atoms with Crippen LogP contribution in [0.15, 0.2) is 71.5 Å². The van der Waals surface area contributed by atoms with Crippen LogP contribution >= 0.6 is 0 Å². The van der Waals surface area contributed by atoms with Gasteiger partial charge in [-0.3, -0.25) is 0 Å². The maximum absolute atomic E-state index is 12.9. The van der Waals surface area contributed by atoms with Gasteiger partial charge in [-0.1, -0.05) is 35.5 Å². The molecule has 0 spiro atoms. The monoisotopic (exact) mass is 428 g/mol. The second-order valence-corrected chi connectivity index (χ2v) is 6.59. The quantitative estimate of drug-likeness (QED) is 0.422. The Kier molecular flexibility index (Phi) is 5.28. The Morgan fingerprint density at radius 2 is 1.90 bits per heavy atom. The van der Waals surface area contributed by atoms with E-state index in [-0.39, 0.29) is 22.8 Å². The smallest absolute Gasteiger partial charge is 0.416 e. The maximum atomic E-state index is 12.9. The Morgan fingerprint density at radius 1 is 1.13 bits per heavy atom. The molecule has 7 nitrogen and oxygen atoms in total. The molecule has 0 aliphatic rings. The second-order valence-electron chi connectivity index (χ2n) is 6.59. The Bertz CT molecular complexity index is 1200. The van der Waals surface area contributed by atoms with Crippen LogP contribution < -0.4 is 0 Å². The number of ether oxygens (including phenoxy) is 1. The minimum Gasteiger partial charge on any atom is -0.449 e. The van der Waals surface area contributed by atoms with E-state index in [1.807, 2.05) is 30.3 Å². The first kappa shape index (κ1) is 20.3. The number of benzene rings is 2. The summed E-state index contributed by atoms with van der Waals surface area (Å²) in [6.07, 6.45) is -2.52. The zero-order valence-corrected chi connectivity index (χ0v) is 16.1. The number of alkyl halides is 3. The highest BCUT2D eigenvalue weighted by atomic mass is 19.4. The van der Waals surface area contributed by atoms with Gasteiger partial charge in [0.2, 0.25) is 5.82 Å². The van der Waals surface area contributed by atoms with Crippen molar-refractivity contribution in [2.24, 2.45) is 0 Å². The van der Waals surface area contributed by atoms with Crippen LogP contribution in [-0.4, -0.2) is 25.9 Å². The van der Waals surface area contributed by atoms with Gasteiger partial charge in [-0.05, 0) is 31.2 Å². The maximum Gasteiger partial charge on any atom is 0.416 e. The first-order chi connectivity index (χ1) is 14.8. The van der Waals surface area contributed by atoms with Gasteiger partial charge in [0.15, 0.2) is 6.10 Å². The molecule has 0 radical (unpaired) electrons. The zero-order valence-electron chi connectivity index (χ0n) is 16.1. The molecule has 2 heterocycles. The Hall–Kier alpha value is -3.95. The molecule has 0 aliphatic carbocycles. The summed E-state index contributed by atoms with van der Waals surface area (Å²) < 4.78 is 50.6. The molecule has 0 fully saturated rings. The van der Waals surface area contributed by atoms with Gasteiger partial charge >= 0.3 is 12.1 Å². The fraction of sp³-hybridized carbons (Fsp3) is 0.143. The van der Waals surface area contributed by atoms with Gasteiger partial charge in [0.25, 0.3) is 5.89 Å². The van der Waals surface area contributed by atoms with E-state index in [9.17, 15) is 18.0 Å². The summed E-state index contributed by atoms with van der Waals surface area (Å²) in [5.41, 5.74) is 0.296. The van der Waals surface area contributed by atoms with Crippen molar-refractivity contribution in [2.45, 2.75) is 19.2 Å². The molecule has 0 saturated carbocycles. The number of halogens is 3. The molecule has 0 bridgehead atoms. The Morgan fingerprint density at radius 3 is 2.65 bits per heavy atom. The zero-order chi connectivity index (χ0) is 22.0. The lowest BCUT2D eigenvalue weighted by molar-refractivity contribution is -0.137. The van der Waals surface area contributed by atoms with Crippen molar-refractivity contribution in [1.29, 1.82) is 0 Å². The normalized spacial score (nSPS) is 12.5. The lowest BCUT2D eigenvalue weighted by Gasteiger charge is -2.08. The van der Waals surface area contributed by atoms with Crippen molar-refractivity contribution in [2.75, 3.05) is 0 Å². The number of carbonyl (C=O) groups is 1. The van der Waals surface area contributed by atoms with Gasteiger partial charge < -0.3 is 9.26 Å². The average Bonchev–Trinajstić information content (AvgIpc) is 3.44. The van der Waals surface area contributed by atoms with Crippen LogP contribution in [0, 0.1) is 0 Å². The van der Waals surface area contributed by atoms with Crippen LogP contribution in [0.25, 0.3) is 17.1 Å². The molecular weight excluding hydrogens is 413 g/mol. The topological polar surface area (TPSA) is 83.0 Å². The Balaban J connectivity index is 1.47. The van der Waals surface area contributed by atoms with Crippen LogP contribution in [0.2, 0.25) is 0 Å². The third-order valence-corrected chi connectivity index (χ3v) is 4.36. The first-order valence-electron chi connectivity index (χ1n) is 9.13. The lowest BCUT2D eigenvalue weighted by Crippen LogP contribution is -2.09. The predicted octanol–water partition coefficient (Wildman–Crippen LogP) is 4.86. The molecule has 0 aliphatic heterocycles. The molecule has 158 valence electrons. The van der Waals surface area contributed by atoms with E-state index >= 15 is 0 Å². The van der Waals surface area contributed by atoms with Crippen LogP contribution in [0.5, 0.6) is 0 Å². The number of para-hydroxylation sites is 1. The van der Waals surface area contributed by atoms with Crippen LogP contribution in [0.4, 0.5) is 13.2 Å². The molecule has 2 aromatic heterocycles. The van der Waals surface area contributed by atoms with E-state index in [4.69, 9.17) is 9.26 Å². The predicted molar refractivity (Wildman–Crippen MR) is 102 cm³/mol. The van der Waals surface area contributed by atoms with Gasteiger partial charge in [-0.25, -0.2) is 9.48 Å². The van der Waals surface area contributed by atoms with Crippen molar-refractivity contribution < 1.29 is 27.2 Å². The first-order valence-corrected chi connectivity index (χ1v) is 9.13. The summed E-state index contributed by atoms with van der Waals surface area (Å²) in [6.45, 7) is 1.52. The average molecular weight is 428 g/mol. The largest absolute Gasteiger partial charge is 0.449 e. The van der Waals surface area contributed by atoms with Crippen molar-refractivity contribution in [3.8, 4) is 17.1 Å². The van der Waals surface area contributed by atoms with E-state index in [2.05, 4.69) is 15.2 Å². The number of carbonyl (C=O) groups excluding carboxylic acids is 1. The molecule has 1 atom stereocenters. The number of rotatable bonds is 5. The van der Waals surface area contributed by atoms with Crippen molar-refractivity contribution in [3.63, 3.8) is 0 Å². The number of hydrogen-bond acceptors (Lipinski definition) is 6. The summed E-state index contributed by atoms with van der Waals surface area (Å²) >= 11 is 0. The fourth-order valence-electron chi connectivity index (χ4n) is 2.78. The minimum absolute atomic E-state index is 0.0408. The SMILES string of the molecule is CC(OC(=O)c1cnn(-c2ccccc2)c1)c1nc(-c2cccc(C(F)(F)F)c2)no1. The number of nitrogens with zero attached hydrogens (tertiary/aromatic N) is 4. The molecule has 1 unspecified atom stereocenters. The highest BCUT2D eigenvalue weighted by Crippen LogP contribution is 2.31.